The lowest BCUT2D eigenvalue weighted by molar-refractivity contribution is -0.143. The molecule has 0 bridgehead atoms. The SMILES string of the molecule is Cc1cc(CN2C(=O)N(c3ccccc3C)C3(CCN(C(=O)c4cc(C(F)(F)F)cc(C(F)(F)F)c4)CC3)C2=O)no1. The molecule has 0 atom stereocenters. The van der Waals surface area contributed by atoms with Crippen molar-refractivity contribution in [2.24, 2.45) is 0 Å². The van der Waals surface area contributed by atoms with Gasteiger partial charge in [0.15, 0.2) is 0 Å². The van der Waals surface area contributed by atoms with Crippen LogP contribution in [0.5, 0.6) is 0 Å². The van der Waals surface area contributed by atoms with Crippen LogP contribution in [-0.4, -0.2) is 51.4 Å². The highest BCUT2D eigenvalue weighted by Gasteiger charge is 2.59. The summed E-state index contributed by atoms with van der Waals surface area (Å²) in [4.78, 5) is 44.3. The van der Waals surface area contributed by atoms with Crippen molar-refractivity contribution in [1.29, 1.82) is 0 Å². The molecule has 5 rings (SSSR count). The molecule has 14 heteroatoms. The Morgan fingerprint density at radius 3 is 2.05 bits per heavy atom. The summed E-state index contributed by atoms with van der Waals surface area (Å²) < 4.78 is 85.3. The molecule has 8 nitrogen and oxygen atoms in total. The average molecular weight is 595 g/mol. The zero-order valence-corrected chi connectivity index (χ0v) is 22.3. The lowest BCUT2D eigenvalue weighted by atomic mass is 9.84. The zero-order chi connectivity index (χ0) is 30.6. The highest BCUT2D eigenvalue weighted by Crippen LogP contribution is 2.43. The molecule has 0 unspecified atom stereocenters. The minimum Gasteiger partial charge on any atom is -0.361 e. The first kappa shape index (κ1) is 29.1. The number of carbonyl (C=O) groups excluding carboxylic acids is 3. The topological polar surface area (TPSA) is 87.0 Å². The van der Waals surface area contributed by atoms with E-state index in [0.29, 0.717) is 34.8 Å². The van der Waals surface area contributed by atoms with Gasteiger partial charge in [-0.3, -0.25) is 19.4 Å². The molecule has 2 aliphatic rings. The summed E-state index contributed by atoms with van der Waals surface area (Å²) in [7, 11) is 0. The number of alkyl halides is 6. The summed E-state index contributed by atoms with van der Waals surface area (Å²) in [6.45, 7) is 2.84. The van der Waals surface area contributed by atoms with Crippen LogP contribution in [-0.2, 0) is 23.7 Å². The quantitative estimate of drug-likeness (QED) is 0.274. The van der Waals surface area contributed by atoms with Crippen molar-refractivity contribution in [3.8, 4) is 0 Å². The molecule has 2 saturated heterocycles. The summed E-state index contributed by atoms with van der Waals surface area (Å²) in [5.74, 6) is -1.12. The number of anilines is 1. The van der Waals surface area contributed by atoms with E-state index in [2.05, 4.69) is 5.16 Å². The molecule has 2 aromatic carbocycles. The number of hydrogen-bond donors (Lipinski definition) is 0. The number of para-hydroxylation sites is 1. The predicted molar refractivity (Wildman–Crippen MR) is 135 cm³/mol. The van der Waals surface area contributed by atoms with Crippen molar-refractivity contribution >= 4 is 23.5 Å². The van der Waals surface area contributed by atoms with Crippen LogP contribution in [0, 0.1) is 13.8 Å². The van der Waals surface area contributed by atoms with Gasteiger partial charge in [-0.2, -0.15) is 26.3 Å². The number of rotatable bonds is 4. The number of carbonyl (C=O) groups is 3. The van der Waals surface area contributed by atoms with E-state index in [1.54, 1.807) is 44.2 Å². The van der Waals surface area contributed by atoms with Gasteiger partial charge in [0.25, 0.3) is 11.8 Å². The maximum absolute atomic E-state index is 13.9. The van der Waals surface area contributed by atoms with Crippen LogP contribution in [0.25, 0.3) is 0 Å². The van der Waals surface area contributed by atoms with Crippen molar-refractivity contribution in [2.45, 2.75) is 51.1 Å². The molecule has 3 heterocycles. The van der Waals surface area contributed by atoms with E-state index < -0.39 is 52.4 Å². The van der Waals surface area contributed by atoms with Gasteiger partial charge in [0, 0.05) is 30.4 Å². The molecule has 0 saturated carbocycles. The third-order valence-electron chi connectivity index (χ3n) is 7.56. The van der Waals surface area contributed by atoms with E-state index >= 15 is 0 Å². The van der Waals surface area contributed by atoms with Gasteiger partial charge >= 0.3 is 18.4 Å². The fourth-order valence-corrected chi connectivity index (χ4v) is 5.46. The molecule has 4 amide bonds. The number of halogens is 6. The summed E-state index contributed by atoms with van der Waals surface area (Å²) in [5, 5.41) is 3.86. The Morgan fingerprint density at radius 2 is 1.52 bits per heavy atom. The molecule has 2 fully saturated rings. The van der Waals surface area contributed by atoms with Gasteiger partial charge in [-0.05, 0) is 56.5 Å². The molecule has 42 heavy (non-hydrogen) atoms. The summed E-state index contributed by atoms with van der Waals surface area (Å²) in [6, 6.07) is 8.56. The molecule has 0 aliphatic carbocycles. The normalized spacial score (nSPS) is 17.5. The Labute approximate surface area is 235 Å². The number of amides is 4. The number of likely N-dealkylation sites (tertiary alicyclic amines) is 1. The van der Waals surface area contributed by atoms with E-state index in [0.717, 1.165) is 9.80 Å². The number of hydrogen-bond acceptors (Lipinski definition) is 5. The van der Waals surface area contributed by atoms with Crippen LogP contribution in [0.2, 0.25) is 0 Å². The predicted octanol–water partition coefficient (Wildman–Crippen LogP) is 5.97. The second-order valence-electron chi connectivity index (χ2n) is 10.3. The number of aryl methyl sites for hydroxylation is 2. The number of urea groups is 1. The van der Waals surface area contributed by atoms with Crippen LogP contribution in [0.1, 0.15) is 51.3 Å². The third kappa shape index (κ3) is 5.09. The van der Waals surface area contributed by atoms with Crippen molar-refractivity contribution in [3.05, 3.63) is 82.2 Å². The largest absolute Gasteiger partial charge is 0.416 e. The van der Waals surface area contributed by atoms with E-state index in [9.17, 15) is 40.7 Å². The molecule has 2 aliphatic heterocycles. The Bertz CT molecular complexity index is 1520. The second kappa shape index (κ2) is 10.2. The first-order valence-electron chi connectivity index (χ1n) is 12.8. The number of nitrogens with zero attached hydrogens (tertiary/aromatic N) is 4. The minimum atomic E-state index is -5.11. The van der Waals surface area contributed by atoms with Gasteiger partial charge in [-0.1, -0.05) is 23.4 Å². The molecule has 222 valence electrons. The highest BCUT2D eigenvalue weighted by atomic mass is 19.4. The maximum atomic E-state index is 13.9. The highest BCUT2D eigenvalue weighted by molar-refractivity contribution is 6.17. The molecule has 1 spiro atoms. The minimum absolute atomic E-state index is 0.0458. The summed E-state index contributed by atoms with van der Waals surface area (Å²) >= 11 is 0. The first-order valence-corrected chi connectivity index (χ1v) is 12.8. The van der Waals surface area contributed by atoms with E-state index in [1.807, 2.05) is 0 Å². The lowest BCUT2D eigenvalue weighted by Gasteiger charge is -2.42. The van der Waals surface area contributed by atoms with Crippen LogP contribution >= 0.6 is 0 Å². The molecule has 1 aromatic heterocycles. The molecular weight excluding hydrogens is 570 g/mol. The fraction of sp³-hybridized carbons (Fsp3) is 0.357. The number of piperidine rings is 1. The van der Waals surface area contributed by atoms with Gasteiger partial charge < -0.3 is 9.42 Å². The van der Waals surface area contributed by atoms with Crippen LogP contribution in [0.15, 0.2) is 53.1 Å². The standard InChI is InChI=1S/C28H24F6N4O4/c1-16-5-3-4-6-22(16)38-25(41)37(15-21-11-17(2)42-35-21)24(40)26(38)7-9-36(10-8-26)23(39)18-12-19(27(29,30)31)14-20(13-18)28(32,33)34/h3-6,11-14H,7-10,15H2,1-2H3. The van der Waals surface area contributed by atoms with Crippen molar-refractivity contribution in [2.75, 3.05) is 18.0 Å². The van der Waals surface area contributed by atoms with Crippen LogP contribution in [0.3, 0.4) is 0 Å². The van der Waals surface area contributed by atoms with Crippen LogP contribution < -0.4 is 4.90 Å². The zero-order valence-electron chi connectivity index (χ0n) is 22.3. The van der Waals surface area contributed by atoms with Gasteiger partial charge in [0.05, 0.1) is 17.7 Å². The Balaban J connectivity index is 1.46. The first-order chi connectivity index (χ1) is 19.6. The lowest BCUT2D eigenvalue weighted by Crippen LogP contribution is -2.57. The van der Waals surface area contributed by atoms with Crippen molar-refractivity contribution in [1.82, 2.24) is 15.0 Å². The maximum Gasteiger partial charge on any atom is 0.416 e. The molecule has 0 radical (unpaired) electrons. The monoisotopic (exact) mass is 594 g/mol. The van der Waals surface area contributed by atoms with E-state index in [-0.39, 0.29) is 38.5 Å². The number of benzene rings is 2. The van der Waals surface area contributed by atoms with Gasteiger partial charge in [-0.15, -0.1) is 0 Å². The Kier molecular flexibility index (Phi) is 7.06. The van der Waals surface area contributed by atoms with Gasteiger partial charge in [-0.25, -0.2) is 4.79 Å². The third-order valence-corrected chi connectivity index (χ3v) is 7.56. The Morgan fingerprint density at radius 1 is 0.929 bits per heavy atom. The summed E-state index contributed by atoms with van der Waals surface area (Å²) in [5.41, 5.74) is -3.93. The fourth-order valence-electron chi connectivity index (χ4n) is 5.46. The second-order valence-corrected chi connectivity index (χ2v) is 10.3. The smallest absolute Gasteiger partial charge is 0.361 e. The molecule has 3 aromatic rings. The number of aromatic nitrogens is 1. The van der Waals surface area contributed by atoms with E-state index in [1.165, 1.54) is 4.90 Å². The van der Waals surface area contributed by atoms with Gasteiger partial charge in [0.2, 0.25) is 0 Å². The molecule has 0 N–H and O–H groups in total. The average Bonchev–Trinajstić information content (AvgIpc) is 3.42. The van der Waals surface area contributed by atoms with Crippen molar-refractivity contribution < 1.29 is 45.2 Å². The molecular formula is C28H24F6N4O4. The number of imide groups is 1. The van der Waals surface area contributed by atoms with Crippen molar-refractivity contribution in [3.63, 3.8) is 0 Å². The van der Waals surface area contributed by atoms with Gasteiger partial charge in [0.1, 0.15) is 17.0 Å². The summed E-state index contributed by atoms with van der Waals surface area (Å²) in [6.07, 6.45) is -10.4. The van der Waals surface area contributed by atoms with Crippen LogP contribution in [0.4, 0.5) is 36.8 Å². The van der Waals surface area contributed by atoms with E-state index in [4.69, 9.17) is 4.52 Å². The Hall–Kier alpha value is -4.36.